The molecule has 0 bridgehead atoms. The van der Waals surface area contributed by atoms with Crippen LogP contribution in [0, 0.1) is 6.92 Å². The maximum absolute atomic E-state index is 13.3. The maximum Gasteiger partial charge on any atom is 0.272 e. The first-order valence-corrected chi connectivity index (χ1v) is 14.0. The average Bonchev–Trinajstić information content (AvgIpc) is 2.95. The second-order valence-electron chi connectivity index (χ2n) is 8.71. The van der Waals surface area contributed by atoms with Gasteiger partial charge in [0.1, 0.15) is 5.70 Å². The number of aryl methyl sites for hydroxylation is 1. The third kappa shape index (κ3) is 8.23. The number of hydrogen-bond acceptors (Lipinski definition) is 4. The Labute approximate surface area is 246 Å². The Hall–Kier alpha value is -4.04. The zero-order valence-corrected chi connectivity index (χ0v) is 23.7. The second kappa shape index (κ2) is 13.8. The van der Waals surface area contributed by atoms with Gasteiger partial charge >= 0.3 is 0 Å². The molecule has 4 rings (SSSR count). The lowest BCUT2D eigenvalue weighted by Gasteiger charge is -2.12. The Bertz CT molecular complexity index is 1580. The van der Waals surface area contributed by atoms with E-state index in [0.717, 1.165) is 16.0 Å². The third-order valence-corrected chi connectivity index (χ3v) is 7.38. The molecule has 0 aliphatic rings. The first-order valence-electron chi connectivity index (χ1n) is 12.2. The summed E-state index contributed by atoms with van der Waals surface area (Å²) in [5, 5.41) is 8.97. The van der Waals surface area contributed by atoms with Gasteiger partial charge in [0.2, 0.25) is 5.91 Å². The van der Waals surface area contributed by atoms with Gasteiger partial charge in [-0.1, -0.05) is 83.4 Å². The Morgan fingerprint density at radius 2 is 1.57 bits per heavy atom. The molecule has 3 amide bonds. The second-order valence-corrected chi connectivity index (χ2v) is 10.5. The molecule has 0 aromatic heterocycles. The van der Waals surface area contributed by atoms with Crippen LogP contribution in [-0.4, -0.2) is 23.5 Å². The van der Waals surface area contributed by atoms with E-state index in [2.05, 4.69) is 16.0 Å². The highest BCUT2D eigenvalue weighted by Crippen LogP contribution is 2.30. The molecule has 0 radical (unpaired) electrons. The third-order valence-electron chi connectivity index (χ3n) is 5.57. The number of carbonyl (C=O) groups is 3. The van der Waals surface area contributed by atoms with Gasteiger partial charge in [-0.25, -0.2) is 0 Å². The molecule has 202 valence electrons. The van der Waals surface area contributed by atoms with Crippen LogP contribution >= 0.6 is 35.0 Å². The summed E-state index contributed by atoms with van der Waals surface area (Å²) in [6, 6.07) is 28.4. The van der Waals surface area contributed by atoms with Crippen LogP contribution in [0.1, 0.15) is 21.5 Å². The summed E-state index contributed by atoms with van der Waals surface area (Å²) in [6.07, 6.45) is 1.63. The number of hydrogen-bond donors (Lipinski definition) is 3. The first-order chi connectivity index (χ1) is 19.3. The van der Waals surface area contributed by atoms with Crippen LogP contribution in [0.25, 0.3) is 6.08 Å². The summed E-state index contributed by atoms with van der Waals surface area (Å²) in [4.78, 5) is 39.4. The lowest BCUT2D eigenvalue weighted by Crippen LogP contribution is -2.30. The van der Waals surface area contributed by atoms with Crippen molar-refractivity contribution in [2.75, 3.05) is 16.4 Å². The van der Waals surface area contributed by atoms with E-state index in [4.69, 9.17) is 23.2 Å². The zero-order valence-electron chi connectivity index (χ0n) is 21.4. The van der Waals surface area contributed by atoms with E-state index < -0.39 is 11.8 Å². The zero-order chi connectivity index (χ0) is 28.5. The summed E-state index contributed by atoms with van der Waals surface area (Å²) >= 11 is 13.5. The summed E-state index contributed by atoms with van der Waals surface area (Å²) in [5.74, 6) is -1.02. The molecule has 0 saturated carbocycles. The summed E-state index contributed by atoms with van der Waals surface area (Å²) in [5.41, 5.74) is 3.27. The van der Waals surface area contributed by atoms with Crippen LogP contribution in [0.2, 0.25) is 10.0 Å². The van der Waals surface area contributed by atoms with E-state index in [-0.39, 0.29) is 22.4 Å². The molecule has 0 aliphatic carbocycles. The molecule has 0 spiro atoms. The van der Waals surface area contributed by atoms with Crippen LogP contribution in [0.4, 0.5) is 11.4 Å². The van der Waals surface area contributed by atoms with Gasteiger partial charge < -0.3 is 16.0 Å². The van der Waals surface area contributed by atoms with Crippen molar-refractivity contribution < 1.29 is 14.4 Å². The topological polar surface area (TPSA) is 87.3 Å². The largest absolute Gasteiger partial charge is 0.324 e. The van der Waals surface area contributed by atoms with Crippen molar-refractivity contribution >= 4 is 70.1 Å². The van der Waals surface area contributed by atoms with Gasteiger partial charge in [0.05, 0.1) is 21.5 Å². The first kappa shape index (κ1) is 29.0. The van der Waals surface area contributed by atoms with E-state index in [1.54, 1.807) is 66.7 Å². The molecular formula is C31H25Cl2N3O3S. The quantitative estimate of drug-likeness (QED) is 0.140. The predicted octanol–water partition coefficient (Wildman–Crippen LogP) is 7.44. The van der Waals surface area contributed by atoms with Gasteiger partial charge in [-0.3, -0.25) is 14.4 Å². The Kier molecular flexibility index (Phi) is 10.0. The van der Waals surface area contributed by atoms with E-state index in [1.165, 1.54) is 11.8 Å². The minimum absolute atomic E-state index is 0.0929. The molecule has 0 unspecified atom stereocenters. The number of amides is 3. The van der Waals surface area contributed by atoms with Gasteiger partial charge in [-0.05, 0) is 61.0 Å². The van der Waals surface area contributed by atoms with Gasteiger partial charge in [0.25, 0.3) is 11.8 Å². The fourth-order valence-electron chi connectivity index (χ4n) is 3.67. The van der Waals surface area contributed by atoms with Crippen molar-refractivity contribution in [3.8, 4) is 0 Å². The van der Waals surface area contributed by atoms with E-state index >= 15 is 0 Å². The Balaban J connectivity index is 1.45. The lowest BCUT2D eigenvalue weighted by atomic mass is 10.1. The summed E-state index contributed by atoms with van der Waals surface area (Å²) in [6.45, 7) is 1.95. The van der Waals surface area contributed by atoms with Gasteiger partial charge in [-0.2, -0.15) is 0 Å². The monoisotopic (exact) mass is 589 g/mol. The number of rotatable bonds is 9. The van der Waals surface area contributed by atoms with Crippen molar-refractivity contribution in [1.29, 1.82) is 0 Å². The molecular weight excluding hydrogens is 565 g/mol. The highest BCUT2D eigenvalue weighted by molar-refractivity contribution is 8.00. The van der Waals surface area contributed by atoms with E-state index in [1.807, 2.05) is 43.3 Å². The van der Waals surface area contributed by atoms with Crippen LogP contribution in [-0.2, 0) is 9.59 Å². The van der Waals surface area contributed by atoms with Gasteiger partial charge in [-0.15, -0.1) is 11.8 Å². The number of carbonyl (C=O) groups excluding carboxylic acids is 3. The molecule has 9 heteroatoms. The van der Waals surface area contributed by atoms with Crippen molar-refractivity contribution in [3.05, 3.63) is 129 Å². The summed E-state index contributed by atoms with van der Waals surface area (Å²) < 4.78 is 0. The summed E-state index contributed by atoms with van der Waals surface area (Å²) in [7, 11) is 0. The van der Waals surface area contributed by atoms with Crippen LogP contribution in [0.3, 0.4) is 0 Å². The lowest BCUT2D eigenvalue weighted by molar-refractivity contribution is -0.114. The number of halogens is 2. The van der Waals surface area contributed by atoms with Crippen molar-refractivity contribution in [1.82, 2.24) is 5.32 Å². The minimum Gasteiger partial charge on any atom is -0.324 e. The molecule has 0 fully saturated rings. The fourth-order valence-corrected chi connectivity index (χ4v) is 4.77. The van der Waals surface area contributed by atoms with Crippen LogP contribution < -0.4 is 16.0 Å². The van der Waals surface area contributed by atoms with E-state index in [9.17, 15) is 14.4 Å². The SMILES string of the molecule is Cc1cccc(/C=C(/NC(=O)c2ccccc2)C(=O)Nc2cccc(SCC(=O)Nc3cccc(Cl)c3Cl)c2)c1. The van der Waals surface area contributed by atoms with Crippen LogP contribution in [0.15, 0.2) is 108 Å². The molecule has 0 atom stereocenters. The average molecular weight is 591 g/mol. The van der Waals surface area contributed by atoms with E-state index in [0.29, 0.717) is 22.0 Å². The highest BCUT2D eigenvalue weighted by Gasteiger charge is 2.16. The molecule has 0 heterocycles. The fraction of sp³-hybridized carbons (Fsp3) is 0.0645. The normalized spacial score (nSPS) is 11.0. The maximum atomic E-state index is 13.3. The number of benzene rings is 4. The highest BCUT2D eigenvalue weighted by atomic mass is 35.5. The molecule has 4 aromatic rings. The van der Waals surface area contributed by atoms with Gasteiger partial charge in [0.15, 0.2) is 0 Å². The molecule has 0 saturated heterocycles. The van der Waals surface area contributed by atoms with Crippen molar-refractivity contribution in [2.24, 2.45) is 0 Å². The molecule has 4 aromatic carbocycles. The standard InChI is InChI=1S/C31H25Cl2N3O3S/c1-20-8-5-9-21(16-20)17-27(36-30(38)22-10-3-2-4-11-22)31(39)34-23-12-6-13-24(18-23)40-19-28(37)35-26-15-7-14-25(32)29(26)33/h2-18H,19H2,1H3,(H,34,39)(H,35,37)(H,36,38)/b27-17+. The van der Waals surface area contributed by atoms with Crippen molar-refractivity contribution in [2.45, 2.75) is 11.8 Å². The number of anilines is 2. The predicted molar refractivity (Wildman–Crippen MR) is 164 cm³/mol. The van der Waals surface area contributed by atoms with Crippen molar-refractivity contribution in [3.63, 3.8) is 0 Å². The van der Waals surface area contributed by atoms with Crippen LogP contribution in [0.5, 0.6) is 0 Å². The number of nitrogens with one attached hydrogen (secondary N) is 3. The van der Waals surface area contributed by atoms with Gasteiger partial charge in [0, 0.05) is 16.1 Å². The minimum atomic E-state index is -0.485. The smallest absolute Gasteiger partial charge is 0.272 e. The number of thioether (sulfide) groups is 1. The molecule has 6 nitrogen and oxygen atoms in total. The Morgan fingerprint density at radius 1 is 0.825 bits per heavy atom. The molecule has 40 heavy (non-hydrogen) atoms. The molecule has 0 aliphatic heterocycles. The molecule has 3 N–H and O–H groups in total. The Morgan fingerprint density at radius 3 is 2.35 bits per heavy atom.